The fourth-order valence-electron chi connectivity index (χ4n) is 1.44. The Hall–Kier alpha value is -1.26. The van der Waals surface area contributed by atoms with Gasteiger partial charge in [0, 0.05) is 6.04 Å². The molecule has 16 heavy (non-hydrogen) atoms. The predicted octanol–water partition coefficient (Wildman–Crippen LogP) is 1.04. The normalized spacial score (nSPS) is 16.8. The Bertz CT molecular complexity index is 262. The Labute approximate surface area is 95.9 Å². The standard InChI is InChI=1S/C11H20N2O3/c1-7(2)6-9(10(14)16-3)13-11(15)12-8-4-5-8/h7-9H,4-6H2,1-3H3,(H2,12,13,15)/t9-/m0/s1. The summed E-state index contributed by atoms with van der Waals surface area (Å²) in [5.41, 5.74) is 0. The number of carbonyl (C=O) groups excluding carboxylic acids is 2. The maximum absolute atomic E-state index is 11.5. The quantitative estimate of drug-likeness (QED) is 0.691. The maximum atomic E-state index is 11.5. The van der Waals surface area contributed by atoms with E-state index in [4.69, 9.17) is 0 Å². The molecule has 0 radical (unpaired) electrons. The summed E-state index contributed by atoms with van der Waals surface area (Å²) < 4.78 is 4.65. The van der Waals surface area contributed by atoms with Crippen molar-refractivity contribution in [2.24, 2.45) is 5.92 Å². The second-order valence-electron chi connectivity index (χ2n) is 4.60. The third kappa shape index (κ3) is 4.51. The van der Waals surface area contributed by atoms with Crippen LogP contribution in [0.4, 0.5) is 4.79 Å². The Morgan fingerprint density at radius 2 is 2.00 bits per heavy atom. The Morgan fingerprint density at radius 1 is 1.38 bits per heavy atom. The molecule has 5 nitrogen and oxygen atoms in total. The van der Waals surface area contributed by atoms with Crippen molar-refractivity contribution in [1.29, 1.82) is 0 Å². The van der Waals surface area contributed by atoms with Crippen molar-refractivity contribution in [3.05, 3.63) is 0 Å². The second kappa shape index (κ2) is 5.72. The number of hydrogen-bond acceptors (Lipinski definition) is 3. The number of rotatable bonds is 5. The molecule has 2 N–H and O–H groups in total. The van der Waals surface area contributed by atoms with Gasteiger partial charge in [0.2, 0.25) is 0 Å². The lowest BCUT2D eigenvalue weighted by Crippen LogP contribution is -2.47. The minimum absolute atomic E-state index is 0.279. The summed E-state index contributed by atoms with van der Waals surface area (Å²) in [4.78, 5) is 22.9. The van der Waals surface area contributed by atoms with E-state index < -0.39 is 6.04 Å². The van der Waals surface area contributed by atoms with Gasteiger partial charge >= 0.3 is 12.0 Å². The topological polar surface area (TPSA) is 67.4 Å². The van der Waals surface area contributed by atoms with Crippen molar-refractivity contribution in [3.63, 3.8) is 0 Å². The van der Waals surface area contributed by atoms with Gasteiger partial charge in [0.25, 0.3) is 0 Å². The number of nitrogens with one attached hydrogen (secondary N) is 2. The lowest BCUT2D eigenvalue weighted by Gasteiger charge is -2.18. The molecule has 0 aliphatic heterocycles. The molecule has 1 atom stereocenters. The first-order valence-electron chi connectivity index (χ1n) is 5.67. The zero-order valence-electron chi connectivity index (χ0n) is 10.1. The molecule has 0 bridgehead atoms. The monoisotopic (exact) mass is 228 g/mol. The van der Waals surface area contributed by atoms with Crippen LogP contribution in [0.5, 0.6) is 0 Å². The average Bonchev–Trinajstić information content (AvgIpc) is 2.98. The van der Waals surface area contributed by atoms with E-state index in [1.54, 1.807) is 0 Å². The first kappa shape index (κ1) is 12.8. The lowest BCUT2D eigenvalue weighted by molar-refractivity contribution is -0.143. The van der Waals surface area contributed by atoms with Gasteiger partial charge in [-0.25, -0.2) is 9.59 Å². The van der Waals surface area contributed by atoms with Gasteiger partial charge in [0.05, 0.1) is 7.11 Å². The number of methoxy groups -OCH3 is 1. The number of carbonyl (C=O) groups is 2. The molecular weight excluding hydrogens is 208 g/mol. The second-order valence-corrected chi connectivity index (χ2v) is 4.60. The third-order valence-electron chi connectivity index (χ3n) is 2.41. The molecule has 0 spiro atoms. The number of urea groups is 1. The van der Waals surface area contributed by atoms with E-state index in [0.29, 0.717) is 12.3 Å². The highest BCUT2D eigenvalue weighted by atomic mass is 16.5. The van der Waals surface area contributed by atoms with Gasteiger partial charge in [-0.3, -0.25) is 0 Å². The summed E-state index contributed by atoms with van der Waals surface area (Å²) in [7, 11) is 1.33. The Kier molecular flexibility index (Phi) is 4.58. The predicted molar refractivity (Wildman–Crippen MR) is 59.9 cm³/mol. The molecule has 0 unspecified atom stereocenters. The smallest absolute Gasteiger partial charge is 0.328 e. The average molecular weight is 228 g/mol. The van der Waals surface area contributed by atoms with Gasteiger partial charge in [-0.1, -0.05) is 13.8 Å². The number of hydrogen-bond donors (Lipinski definition) is 2. The van der Waals surface area contributed by atoms with Crippen LogP contribution < -0.4 is 10.6 Å². The molecule has 5 heteroatoms. The van der Waals surface area contributed by atoms with Crippen molar-refractivity contribution in [2.75, 3.05) is 7.11 Å². The van der Waals surface area contributed by atoms with Crippen molar-refractivity contribution >= 4 is 12.0 Å². The SMILES string of the molecule is COC(=O)[C@H](CC(C)C)NC(=O)NC1CC1. The summed E-state index contributed by atoms with van der Waals surface area (Å²) in [6, 6.07) is -0.542. The van der Waals surface area contributed by atoms with E-state index >= 15 is 0 Å². The van der Waals surface area contributed by atoms with Crippen molar-refractivity contribution in [2.45, 2.75) is 45.2 Å². The van der Waals surface area contributed by atoms with Crippen LogP contribution in [0.15, 0.2) is 0 Å². The van der Waals surface area contributed by atoms with Crippen LogP contribution in [0, 0.1) is 5.92 Å². The molecule has 0 heterocycles. The molecule has 1 aliphatic carbocycles. The summed E-state index contributed by atoms with van der Waals surface area (Å²) in [6.45, 7) is 3.99. The Balaban J connectivity index is 2.40. The van der Waals surface area contributed by atoms with Crippen LogP contribution >= 0.6 is 0 Å². The van der Waals surface area contributed by atoms with Crippen molar-refractivity contribution in [1.82, 2.24) is 10.6 Å². The highest BCUT2D eigenvalue weighted by Gasteiger charge is 2.27. The molecule has 0 aromatic heterocycles. The van der Waals surface area contributed by atoms with Crippen LogP contribution in [0.25, 0.3) is 0 Å². The van der Waals surface area contributed by atoms with Gasteiger partial charge in [-0.05, 0) is 25.2 Å². The zero-order chi connectivity index (χ0) is 12.1. The van der Waals surface area contributed by atoms with E-state index in [0.717, 1.165) is 12.8 Å². The molecule has 0 aromatic rings. The van der Waals surface area contributed by atoms with Gasteiger partial charge in [0.15, 0.2) is 0 Å². The fraction of sp³-hybridized carbons (Fsp3) is 0.818. The summed E-state index contributed by atoms with van der Waals surface area (Å²) >= 11 is 0. The molecule has 1 aliphatic rings. The summed E-state index contributed by atoms with van der Waals surface area (Å²) in [6.07, 6.45) is 2.64. The van der Waals surface area contributed by atoms with Crippen LogP contribution in [0.1, 0.15) is 33.1 Å². The molecule has 1 rings (SSSR count). The van der Waals surface area contributed by atoms with Crippen molar-refractivity contribution < 1.29 is 14.3 Å². The fourth-order valence-corrected chi connectivity index (χ4v) is 1.44. The van der Waals surface area contributed by atoms with Gasteiger partial charge in [-0.15, -0.1) is 0 Å². The van der Waals surface area contributed by atoms with Gasteiger partial charge in [-0.2, -0.15) is 0 Å². The van der Waals surface area contributed by atoms with Gasteiger partial charge < -0.3 is 15.4 Å². The van der Waals surface area contributed by atoms with E-state index in [1.807, 2.05) is 13.8 Å². The molecule has 0 aromatic carbocycles. The van der Waals surface area contributed by atoms with Crippen LogP contribution in [0.2, 0.25) is 0 Å². The van der Waals surface area contributed by atoms with Crippen molar-refractivity contribution in [3.8, 4) is 0 Å². The highest BCUT2D eigenvalue weighted by molar-refractivity contribution is 5.83. The number of esters is 1. The molecule has 2 amide bonds. The van der Waals surface area contributed by atoms with Crippen LogP contribution in [-0.4, -0.2) is 31.2 Å². The maximum Gasteiger partial charge on any atom is 0.328 e. The molecule has 0 saturated heterocycles. The van der Waals surface area contributed by atoms with E-state index in [1.165, 1.54) is 7.11 Å². The molecule has 1 fully saturated rings. The van der Waals surface area contributed by atoms with Crippen LogP contribution in [-0.2, 0) is 9.53 Å². The van der Waals surface area contributed by atoms with Crippen LogP contribution in [0.3, 0.4) is 0 Å². The largest absolute Gasteiger partial charge is 0.467 e. The first-order chi connectivity index (χ1) is 7.52. The number of ether oxygens (including phenoxy) is 1. The minimum Gasteiger partial charge on any atom is -0.467 e. The lowest BCUT2D eigenvalue weighted by atomic mass is 10.0. The summed E-state index contributed by atoms with van der Waals surface area (Å²) in [5.74, 6) is -0.0648. The number of amides is 2. The highest BCUT2D eigenvalue weighted by Crippen LogP contribution is 2.18. The van der Waals surface area contributed by atoms with E-state index in [2.05, 4.69) is 15.4 Å². The molecular formula is C11H20N2O3. The Morgan fingerprint density at radius 3 is 2.44 bits per heavy atom. The third-order valence-corrected chi connectivity index (χ3v) is 2.41. The van der Waals surface area contributed by atoms with Gasteiger partial charge in [0.1, 0.15) is 6.04 Å². The zero-order valence-corrected chi connectivity index (χ0v) is 10.1. The minimum atomic E-state index is -0.552. The first-order valence-corrected chi connectivity index (χ1v) is 5.67. The van der Waals surface area contributed by atoms with E-state index in [9.17, 15) is 9.59 Å². The summed E-state index contributed by atoms with van der Waals surface area (Å²) in [5, 5.41) is 5.42. The molecule has 1 saturated carbocycles. The van der Waals surface area contributed by atoms with E-state index in [-0.39, 0.29) is 18.0 Å². The molecule has 92 valence electrons.